The number of Topliss-reactive ketones (excluding diaryl/α,β-unsaturated/α-hetero) is 1. The van der Waals surface area contributed by atoms with E-state index in [0.717, 1.165) is 32.6 Å². The summed E-state index contributed by atoms with van der Waals surface area (Å²) in [6.07, 6.45) is 1.44. The summed E-state index contributed by atoms with van der Waals surface area (Å²) in [5, 5.41) is 2.98. The van der Waals surface area contributed by atoms with Gasteiger partial charge in [-0.05, 0) is 48.6 Å². The first-order valence-corrected chi connectivity index (χ1v) is 10.4. The Morgan fingerprint density at radius 2 is 1.79 bits per heavy atom. The van der Waals surface area contributed by atoms with Gasteiger partial charge in [-0.1, -0.05) is 46.3 Å². The number of ether oxygens (including phenoxy) is 1. The van der Waals surface area contributed by atoms with Gasteiger partial charge in [0.1, 0.15) is 5.75 Å². The molecule has 0 fully saturated rings. The minimum Gasteiger partial charge on any atom is -0.494 e. The fraction of sp³-hybridized carbons (Fsp3) is 0.304. The Labute approximate surface area is 173 Å². The second kappa shape index (κ2) is 7.92. The molecule has 2 atom stereocenters. The Hall–Kier alpha value is -2.40. The molecule has 2 unspecified atom stereocenters. The van der Waals surface area contributed by atoms with E-state index in [2.05, 4.69) is 21.2 Å². The largest absolute Gasteiger partial charge is 0.494 e. The fourth-order valence-corrected chi connectivity index (χ4v) is 4.78. The standard InChI is InChI=1S/C23H22BrNO3/c1-2-28-16-9-7-14(8-10-16)15-11-20-23(21(26)12-15)18(13-22(27)25-20)17-5-3-4-6-19(17)24/h3-10,15,18H,2,11-13H2,1H3,(H,25,27). The van der Waals surface area contributed by atoms with Crippen LogP contribution in [-0.2, 0) is 9.59 Å². The maximum Gasteiger partial charge on any atom is 0.225 e. The first kappa shape index (κ1) is 18.9. The second-order valence-electron chi connectivity index (χ2n) is 7.25. The zero-order chi connectivity index (χ0) is 19.7. The van der Waals surface area contributed by atoms with Crippen LogP contribution in [0.2, 0.25) is 0 Å². The Bertz CT molecular complexity index is 949. The lowest BCUT2D eigenvalue weighted by atomic mass is 9.73. The van der Waals surface area contributed by atoms with Gasteiger partial charge in [-0.15, -0.1) is 0 Å². The van der Waals surface area contributed by atoms with Crippen molar-refractivity contribution in [3.63, 3.8) is 0 Å². The number of nitrogens with one attached hydrogen (secondary N) is 1. The highest BCUT2D eigenvalue weighted by molar-refractivity contribution is 9.10. The Balaban J connectivity index is 1.66. The molecule has 0 aromatic heterocycles. The van der Waals surface area contributed by atoms with Gasteiger partial charge in [-0.3, -0.25) is 9.59 Å². The maximum absolute atomic E-state index is 13.1. The number of halogens is 1. The zero-order valence-corrected chi connectivity index (χ0v) is 17.3. The number of carbonyl (C=O) groups excluding carboxylic acids is 2. The van der Waals surface area contributed by atoms with Gasteiger partial charge in [0, 0.05) is 34.5 Å². The molecule has 0 saturated heterocycles. The highest BCUT2D eigenvalue weighted by Gasteiger charge is 2.38. The van der Waals surface area contributed by atoms with Crippen LogP contribution in [-0.4, -0.2) is 18.3 Å². The molecule has 5 heteroatoms. The molecule has 0 bridgehead atoms. The van der Waals surface area contributed by atoms with Gasteiger partial charge >= 0.3 is 0 Å². The zero-order valence-electron chi connectivity index (χ0n) is 15.7. The first-order valence-electron chi connectivity index (χ1n) is 9.60. The van der Waals surface area contributed by atoms with Crippen LogP contribution < -0.4 is 10.1 Å². The van der Waals surface area contributed by atoms with Crippen LogP contribution in [0.15, 0.2) is 64.3 Å². The van der Waals surface area contributed by atoms with Crippen molar-refractivity contribution in [1.29, 1.82) is 0 Å². The molecule has 4 rings (SSSR count). The van der Waals surface area contributed by atoms with Crippen LogP contribution in [0.1, 0.15) is 49.1 Å². The van der Waals surface area contributed by atoms with Gasteiger partial charge in [0.2, 0.25) is 5.91 Å². The monoisotopic (exact) mass is 439 g/mol. The molecular weight excluding hydrogens is 418 g/mol. The molecular formula is C23H22BrNO3. The van der Waals surface area contributed by atoms with Crippen LogP contribution in [0.4, 0.5) is 0 Å². The summed E-state index contributed by atoms with van der Waals surface area (Å²) in [5.41, 5.74) is 3.65. The van der Waals surface area contributed by atoms with E-state index >= 15 is 0 Å². The summed E-state index contributed by atoms with van der Waals surface area (Å²) in [7, 11) is 0. The van der Waals surface area contributed by atoms with Gasteiger partial charge in [0.25, 0.3) is 0 Å². The number of allylic oxidation sites excluding steroid dienone is 2. The smallest absolute Gasteiger partial charge is 0.225 e. The molecule has 4 nitrogen and oxygen atoms in total. The fourth-order valence-electron chi connectivity index (χ4n) is 4.22. The van der Waals surface area contributed by atoms with E-state index in [1.54, 1.807) is 0 Å². The predicted octanol–water partition coefficient (Wildman–Crippen LogP) is 4.85. The lowest BCUT2D eigenvalue weighted by molar-refractivity contribution is -0.122. The summed E-state index contributed by atoms with van der Waals surface area (Å²) in [5.74, 6) is 0.807. The summed E-state index contributed by atoms with van der Waals surface area (Å²) >= 11 is 3.58. The van der Waals surface area contributed by atoms with Crippen molar-refractivity contribution in [2.24, 2.45) is 0 Å². The number of hydrogen-bond acceptors (Lipinski definition) is 3. The SMILES string of the molecule is CCOc1ccc(C2CC(=O)C3=C(C2)NC(=O)CC3c2ccccc2Br)cc1. The number of rotatable bonds is 4. The van der Waals surface area contributed by atoms with Crippen molar-refractivity contribution in [3.05, 3.63) is 75.4 Å². The average Bonchev–Trinajstić information content (AvgIpc) is 2.68. The molecule has 1 aliphatic heterocycles. The topological polar surface area (TPSA) is 55.4 Å². The number of amides is 1. The third kappa shape index (κ3) is 3.63. The van der Waals surface area contributed by atoms with Crippen molar-refractivity contribution in [1.82, 2.24) is 5.32 Å². The van der Waals surface area contributed by atoms with Crippen LogP contribution >= 0.6 is 15.9 Å². The van der Waals surface area contributed by atoms with E-state index < -0.39 is 0 Å². The molecule has 28 heavy (non-hydrogen) atoms. The summed E-state index contributed by atoms with van der Waals surface area (Å²) < 4.78 is 6.44. The van der Waals surface area contributed by atoms with Gasteiger partial charge in [-0.25, -0.2) is 0 Å². The molecule has 144 valence electrons. The lowest BCUT2D eigenvalue weighted by Gasteiger charge is -2.34. The highest BCUT2D eigenvalue weighted by Crippen LogP contribution is 2.44. The van der Waals surface area contributed by atoms with E-state index in [9.17, 15) is 9.59 Å². The second-order valence-corrected chi connectivity index (χ2v) is 8.10. The number of ketones is 1. The molecule has 1 aliphatic carbocycles. The minimum absolute atomic E-state index is 0.0281. The normalized spacial score (nSPS) is 21.9. The van der Waals surface area contributed by atoms with Crippen molar-refractivity contribution < 1.29 is 14.3 Å². The predicted molar refractivity (Wildman–Crippen MR) is 111 cm³/mol. The molecule has 0 spiro atoms. The van der Waals surface area contributed by atoms with E-state index in [1.807, 2.05) is 55.5 Å². The quantitative estimate of drug-likeness (QED) is 0.740. The van der Waals surface area contributed by atoms with Gasteiger partial charge in [-0.2, -0.15) is 0 Å². The van der Waals surface area contributed by atoms with Crippen molar-refractivity contribution in [3.8, 4) is 5.75 Å². The average molecular weight is 440 g/mol. The van der Waals surface area contributed by atoms with E-state index in [0.29, 0.717) is 25.9 Å². The van der Waals surface area contributed by atoms with Gasteiger partial charge in [0.15, 0.2) is 5.78 Å². The third-order valence-corrected chi connectivity index (χ3v) is 6.20. The van der Waals surface area contributed by atoms with Crippen LogP contribution in [0.25, 0.3) is 0 Å². The molecule has 1 amide bonds. The summed E-state index contributed by atoms with van der Waals surface area (Å²) in [4.78, 5) is 25.5. The minimum atomic E-state index is -0.187. The molecule has 2 aromatic rings. The van der Waals surface area contributed by atoms with Gasteiger partial charge < -0.3 is 10.1 Å². The number of carbonyl (C=O) groups is 2. The molecule has 1 N–H and O–H groups in total. The Kier molecular flexibility index (Phi) is 5.36. The molecule has 2 aromatic carbocycles. The van der Waals surface area contributed by atoms with Crippen molar-refractivity contribution in [2.75, 3.05) is 6.61 Å². The van der Waals surface area contributed by atoms with E-state index in [4.69, 9.17) is 4.74 Å². The van der Waals surface area contributed by atoms with Crippen molar-refractivity contribution >= 4 is 27.6 Å². The van der Waals surface area contributed by atoms with E-state index in [1.165, 1.54) is 0 Å². The summed E-state index contributed by atoms with van der Waals surface area (Å²) in [6, 6.07) is 15.8. The molecule has 2 aliphatic rings. The molecule has 1 heterocycles. The number of hydrogen-bond donors (Lipinski definition) is 1. The maximum atomic E-state index is 13.1. The molecule has 0 saturated carbocycles. The van der Waals surface area contributed by atoms with Crippen LogP contribution in [0.3, 0.4) is 0 Å². The van der Waals surface area contributed by atoms with Crippen LogP contribution in [0, 0.1) is 0 Å². The lowest BCUT2D eigenvalue weighted by Crippen LogP contribution is -2.38. The number of benzene rings is 2. The first-order chi connectivity index (χ1) is 13.6. The molecule has 0 radical (unpaired) electrons. The third-order valence-electron chi connectivity index (χ3n) is 5.48. The van der Waals surface area contributed by atoms with E-state index in [-0.39, 0.29) is 23.5 Å². The van der Waals surface area contributed by atoms with Gasteiger partial charge in [0.05, 0.1) is 6.61 Å². The Morgan fingerprint density at radius 1 is 1.04 bits per heavy atom. The van der Waals surface area contributed by atoms with Crippen LogP contribution in [0.5, 0.6) is 5.75 Å². The Morgan fingerprint density at radius 3 is 2.50 bits per heavy atom. The van der Waals surface area contributed by atoms with Crippen molar-refractivity contribution in [2.45, 2.75) is 38.0 Å². The highest BCUT2D eigenvalue weighted by atomic mass is 79.9. The summed E-state index contributed by atoms with van der Waals surface area (Å²) in [6.45, 7) is 2.58.